The molecule has 24 heavy (non-hydrogen) atoms. The number of piperidine rings is 1. The molecule has 1 N–H and O–H groups in total. The van der Waals surface area contributed by atoms with Gasteiger partial charge in [-0.05, 0) is 57.0 Å². The molecule has 1 saturated heterocycles. The Hall–Kier alpha value is -0.830. The highest BCUT2D eigenvalue weighted by molar-refractivity contribution is 7.89. The van der Waals surface area contributed by atoms with Gasteiger partial charge in [-0.25, -0.2) is 13.1 Å². The second-order valence-electron chi connectivity index (χ2n) is 6.31. The van der Waals surface area contributed by atoms with Crippen molar-refractivity contribution in [3.8, 4) is 0 Å². The van der Waals surface area contributed by atoms with Crippen LogP contribution in [-0.4, -0.2) is 38.5 Å². The summed E-state index contributed by atoms with van der Waals surface area (Å²) in [5.41, 5.74) is -1.03. The summed E-state index contributed by atoms with van der Waals surface area (Å²) in [4.78, 5) is 1.81. The molecular formula is C15H18ClF3N2O2S. The van der Waals surface area contributed by atoms with Crippen molar-refractivity contribution in [3.05, 3.63) is 28.8 Å². The van der Waals surface area contributed by atoms with Gasteiger partial charge < -0.3 is 4.90 Å². The highest BCUT2D eigenvalue weighted by Crippen LogP contribution is 2.34. The summed E-state index contributed by atoms with van der Waals surface area (Å²) in [7, 11) is -4.10. The van der Waals surface area contributed by atoms with Crippen LogP contribution in [0.2, 0.25) is 5.02 Å². The normalized spacial score (nSPS) is 21.2. The van der Waals surface area contributed by atoms with E-state index in [2.05, 4.69) is 9.62 Å². The highest BCUT2D eigenvalue weighted by atomic mass is 35.5. The third kappa shape index (κ3) is 4.04. The molecule has 1 heterocycles. The van der Waals surface area contributed by atoms with E-state index in [0.717, 1.165) is 25.2 Å². The van der Waals surface area contributed by atoms with Gasteiger partial charge in [-0.3, -0.25) is 0 Å². The van der Waals surface area contributed by atoms with Gasteiger partial charge in [0.1, 0.15) is 4.90 Å². The molecule has 1 aromatic carbocycles. The fourth-order valence-electron chi connectivity index (χ4n) is 2.99. The maximum Gasteiger partial charge on any atom is 0.416 e. The predicted molar refractivity (Wildman–Crippen MR) is 84.4 cm³/mol. The number of nitrogens with zero attached hydrogens (tertiary/aromatic N) is 1. The molecule has 2 aliphatic rings. The average Bonchev–Trinajstić information content (AvgIpc) is 3.31. The molecule has 0 bridgehead atoms. The van der Waals surface area contributed by atoms with E-state index in [1.54, 1.807) is 0 Å². The molecular weight excluding hydrogens is 365 g/mol. The molecule has 0 radical (unpaired) electrons. The summed E-state index contributed by atoms with van der Waals surface area (Å²) in [5, 5.41) is -0.217. The van der Waals surface area contributed by atoms with Crippen LogP contribution in [0, 0.1) is 0 Å². The zero-order chi connectivity index (χ0) is 17.5. The Labute approximate surface area is 144 Å². The smallest absolute Gasteiger partial charge is 0.300 e. The van der Waals surface area contributed by atoms with E-state index in [9.17, 15) is 21.6 Å². The monoisotopic (exact) mass is 382 g/mol. The lowest BCUT2D eigenvalue weighted by atomic mass is 10.1. The standard InChI is InChI=1S/C15H18ClF3N2O2S/c16-13-4-1-10(15(17,18)19)9-14(13)24(22,23)20-11-5-7-21(8-6-11)12-2-3-12/h1,4,9,11-12,20H,2-3,5-8H2. The van der Waals surface area contributed by atoms with Crippen molar-refractivity contribution in [2.45, 2.75) is 48.8 Å². The van der Waals surface area contributed by atoms with Crippen LogP contribution in [0.3, 0.4) is 0 Å². The lowest BCUT2D eigenvalue weighted by Crippen LogP contribution is -2.45. The maximum atomic E-state index is 12.8. The van der Waals surface area contributed by atoms with Gasteiger partial charge in [0.25, 0.3) is 0 Å². The molecule has 0 unspecified atom stereocenters. The fourth-order valence-corrected chi connectivity index (χ4v) is 4.82. The van der Waals surface area contributed by atoms with Crippen LogP contribution >= 0.6 is 11.6 Å². The molecule has 1 aromatic rings. The topological polar surface area (TPSA) is 49.4 Å². The van der Waals surface area contributed by atoms with Crippen LogP contribution in [0.1, 0.15) is 31.2 Å². The molecule has 134 valence electrons. The number of sulfonamides is 1. The quantitative estimate of drug-likeness (QED) is 0.869. The van der Waals surface area contributed by atoms with Gasteiger partial charge >= 0.3 is 6.18 Å². The molecule has 1 aliphatic carbocycles. The van der Waals surface area contributed by atoms with Gasteiger partial charge in [0.15, 0.2) is 0 Å². The summed E-state index contributed by atoms with van der Waals surface area (Å²) >= 11 is 5.83. The SMILES string of the molecule is O=S(=O)(NC1CCN(C2CC2)CC1)c1cc(C(F)(F)F)ccc1Cl. The van der Waals surface area contributed by atoms with Crippen LogP contribution in [0.15, 0.2) is 23.1 Å². The van der Waals surface area contributed by atoms with Crippen molar-refractivity contribution >= 4 is 21.6 Å². The van der Waals surface area contributed by atoms with E-state index in [4.69, 9.17) is 11.6 Å². The zero-order valence-corrected chi connectivity index (χ0v) is 14.4. The van der Waals surface area contributed by atoms with Crippen molar-refractivity contribution in [2.75, 3.05) is 13.1 Å². The van der Waals surface area contributed by atoms with Crippen molar-refractivity contribution < 1.29 is 21.6 Å². The minimum absolute atomic E-state index is 0.217. The lowest BCUT2D eigenvalue weighted by Gasteiger charge is -2.32. The first-order valence-electron chi connectivity index (χ1n) is 7.80. The lowest BCUT2D eigenvalue weighted by molar-refractivity contribution is -0.137. The van der Waals surface area contributed by atoms with Crippen LogP contribution in [0.4, 0.5) is 13.2 Å². The number of likely N-dealkylation sites (tertiary alicyclic amines) is 1. The maximum absolute atomic E-state index is 12.8. The number of alkyl halides is 3. The molecule has 0 spiro atoms. The first-order chi connectivity index (χ1) is 11.2. The molecule has 0 aromatic heterocycles. The molecule has 0 atom stereocenters. The summed E-state index contributed by atoms with van der Waals surface area (Å²) in [6, 6.07) is 2.67. The van der Waals surface area contributed by atoms with Gasteiger partial charge in [-0.2, -0.15) is 13.2 Å². The van der Waals surface area contributed by atoms with Crippen LogP contribution in [0.5, 0.6) is 0 Å². The third-order valence-corrected chi connectivity index (χ3v) is 6.46. The van der Waals surface area contributed by atoms with E-state index >= 15 is 0 Å². The van der Waals surface area contributed by atoms with Crippen LogP contribution in [0.25, 0.3) is 0 Å². The summed E-state index contributed by atoms with van der Waals surface area (Å²) < 4.78 is 65.8. The Kier molecular flexibility index (Phi) is 4.85. The summed E-state index contributed by atoms with van der Waals surface area (Å²) in [5.74, 6) is 0. The van der Waals surface area contributed by atoms with Gasteiger partial charge in [0.05, 0.1) is 10.6 Å². The largest absolute Gasteiger partial charge is 0.416 e. The average molecular weight is 383 g/mol. The Morgan fingerprint density at radius 3 is 2.29 bits per heavy atom. The van der Waals surface area contributed by atoms with Crippen molar-refractivity contribution in [1.29, 1.82) is 0 Å². The summed E-state index contributed by atoms with van der Waals surface area (Å²) in [6.45, 7) is 1.60. The second kappa shape index (κ2) is 6.48. The first-order valence-corrected chi connectivity index (χ1v) is 9.66. The molecule has 3 rings (SSSR count). The highest BCUT2D eigenvalue weighted by Gasteiger charge is 2.35. The minimum atomic E-state index is -4.62. The minimum Gasteiger partial charge on any atom is -0.300 e. The number of hydrogen-bond acceptors (Lipinski definition) is 3. The Morgan fingerprint density at radius 2 is 1.75 bits per heavy atom. The second-order valence-corrected chi connectivity index (χ2v) is 8.40. The number of nitrogens with one attached hydrogen (secondary N) is 1. The Morgan fingerprint density at radius 1 is 1.12 bits per heavy atom. The van der Waals surface area contributed by atoms with Gasteiger partial charge in [0, 0.05) is 12.1 Å². The van der Waals surface area contributed by atoms with E-state index in [1.807, 2.05) is 0 Å². The van der Waals surface area contributed by atoms with Gasteiger partial charge in [0.2, 0.25) is 10.0 Å². The van der Waals surface area contributed by atoms with E-state index in [-0.39, 0.29) is 11.1 Å². The van der Waals surface area contributed by atoms with Crippen LogP contribution in [-0.2, 0) is 16.2 Å². The van der Waals surface area contributed by atoms with E-state index in [1.165, 1.54) is 12.8 Å². The molecule has 1 aliphatic heterocycles. The molecule has 4 nitrogen and oxygen atoms in total. The number of halogens is 4. The van der Waals surface area contributed by atoms with Crippen molar-refractivity contribution in [3.63, 3.8) is 0 Å². The van der Waals surface area contributed by atoms with E-state index in [0.29, 0.717) is 24.9 Å². The first kappa shape index (κ1) is 18.0. The summed E-state index contributed by atoms with van der Waals surface area (Å²) in [6.07, 6.45) is -0.949. The zero-order valence-electron chi connectivity index (χ0n) is 12.8. The predicted octanol–water partition coefficient (Wildman–Crippen LogP) is 3.26. The Bertz CT molecular complexity index is 712. The number of rotatable bonds is 4. The van der Waals surface area contributed by atoms with Crippen molar-refractivity contribution in [1.82, 2.24) is 9.62 Å². The van der Waals surface area contributed by atoms with Gasteiger partial charge in [-0.1, -0.05) is 11.6 Å². The van der Waals surface area contributed by atoms with Gasteiger partial charge in [-0.15, -0.1) is 0 Å². The molecule has 1 saturated carbocycles. The van der Waals surface area contributed by atoms with Crippen LogP contribution < -0.4 is 4.72 Å². The third-order valence-electron chi connectivity index (χ3n) is 4.46. The molecule has 0 amide bonds. The molecule has 9 heteroatoms. The fraction of sp³-hybridized carbons (Fsp3) is 0.600. The van der Waals surface area contributed by atoms with E-state index < -0.39 is 26.7 Å². The number of benzene rings is 1. The van der Waals surface area contributed by atoms with Crippen molar-refractivity contribution in [2.24, 2.45) is 0 Å². The molecule has 2 fully saturated rings. The Balaban J connectivity index is 1.73. The number of hydrogen-bond donors (Lipinski definition) is 1.